The van der Waals surface area contributed by atoms with Gasteiger partial charge in [0, 0.05) is 0 Å². The molecule has 0 bridgehead atoms. The maximum atomic E-state index is 13.1. The first-order valence-electron chi connectivity index (χ1n) is 9.19. The Kier molecular flexibility index (Phi) is 5.08. The number of ketones is 1. The molecule has 0 unspecified atom stereocenters. The van der Waals surface area contributed by atoms with E-state index in [1.165, 1.54) is 6.08 Å². The zero-order valence-electron chi connectivity index (χ0n) is 15.6. The second-order valence-electron chi connectivity index (χ2n) is 6.45. The number of hydrogen-bond donors (Lipinski definition) is 0. The highest BCUT2D eigenvalue weighted by molar-refractivity contribution is 6.16. The van der Waals surface area contributed by atoms with Crippen LogP contribution in [0.25, 0.3) is 28.0 Å². The van der Waals surface area contributed by atoms with Crippen molar-refractivity contribution >= 4 is 33.8 Å². The molecule has 0 aliphatic rings. The number of fused-ring (bicyclic) bond motifs is 2. The average molecular weight is 382 g/mol. The highest BCUT2D eigenvalue weighted by atomic mass is 16.5. The van der Waals surface area contributed by atoms with Gasteiger partial charge in [0.2, 0.25) is 5.43 Å². The molecule has 0 aliphatic heterocycles. The number of carbonyl (C=O) groups is 1. The van der Waals surface area contributed by atoms with Crippen molar-refractivity contribution in [3.05, 3.63) is 107 Å². The van der Waals surface area contributed by atoms with E-state index < -0.39 is 0 Å². The molecule has 4 aromatic rings. The molecule has 29 heavy (non-hydrogen) atoms. The standard InChI is InChI=1S/C25H18O4/c1-2-16-28-22-15-13-19-24(27)18-10-6-7-11-21(18)29-25(19)23(22)20(26)14-12-17-8-4-3-5-9-17/h2-15H,1,16H2. The Morgan fingerprint density at radius 3 is 2.52 bits per heavy atom. The molecule has 0 saturated carbocycles. The van der Waals surface area contributed by atoms with Gasteiger partial charge in [-0.1, -0.05) is 61.2 Å². The summed E-state index contributed by atoms with van der Waals surface area (Å²) in [7, 11) is 0. The third kappa shape index (κ3) is 3.60. The lowest BCUT2D eigenvalue weighted by atomic mass is 10.0. The number of rotatable bonds is 6. The first-order valence-corrected chi connectivity index (χ1v) is 9.19. The van der Waals surface area contributed by atoms with Gasteiger partial charge in [0.1, 0.15) is 23.5 Å². The number of hydrogen-bond acceptors (Lipinski definition) is 4. The Balaban J connectivity index is 1.92. The molecule has 0 amide bonds. The van der Waals surface area contributed by atoms with E-state index in [0.717, 1.165) is 5.56 Å². The molecule has 1 aromatic heterocycles. The Hall–Kier alpha value is -3.92. The van der Waals surface area contributed by atoms with Crippen molar-refractivity contribution in [1.82, 2.24) is 0 Å². The van der Waals surface area contributed by atoms with E-state index >= 15 is 0 Å². The molecule has 3 aromatic carbocycles. The van der Waals surface area contributed by atoms with Crippen LogP contribution in [0.4, 0.5) is 0 Å². The Labute approximate surface area is 167 Å². The van der Waals surface area contributed by atoms with E-state index in [1.807, 2.05) is 30.3 Å². The summed E-state index contributed by atoms with van der Waals surface area (Å²) in [4.78, 5) is 26.0. The highest BCUT2D eigenvalue weighted by Crippen LogP contribution is 2.30. The van der Waals surface area contributed by atoms with Crippen LogP contribution in [0.1, 0.15) is 15.9 Å². The predicted molar refractivity (Wildman–Crippen MR) is 115 cm³/mol. The fourth-order valence-electron chi connectivity index (χ4n) is 3.17. The van der Waals surface area contributed by atoms with Crippen LogP contribution >= 0.6 is 0 Å². The van der Waals surface area contributed by atoms with Crippen molar-refractivity contribution in [1.29, 1.82) is 0 Å². The smallest absolute Gasteiger partial charge is 0.200 e. The summed E-state index contributed by atoms with van der Waals surface area (Å²) in [5.41, 5.74) is 1.57. The summed E-state index contributed by atoms with van der Waals surface area (Å²) in [6.07, 6.45) is 4.77. The molecule has 4 heteroatoms. The van der Waals surface area contributed by atoms with Gasteiger partial charge in [0.15, 0.2) is 11.4 Å². The van der Waals surface area contributed by atoms with Crippen molar-refractivity contribution in [3.63, 3.8) is 0 Å². The average Bonchev–Trinajstić information content (AvgIpc) is 2.76. The molecule has 1 heterocycles. The summed E-state index contributed by atoms with van der Waals surface area (Å²) < 4.78 is 11.7. The van der Waals surface area contributed by atoms with Crippen LogP contribution in [-0.2, 0) is 0 Å². The minimum Gasteiger partial charge on any atom is -0.489 e. The van der Waals surface area contributed by atoms with Crippen LogP contribution in [0.5, 0.6) is 5.75 Å². The van der Waals surface area contributed by atoms with E-state index in [4.69, 9.17) is 9.15 Å². The van der Waals surface area contributed by atoms with Gasteiger partial charge in [-0.3, -0.25) is 9.59 Å². The van der Waals surface area contributed by atoms with Crippen LogP contribution in [-0.4, -0.2) is 12.4 Å². The first kappa shape index (κ1) is 18.4. The van der Waals surface area contributed by atoms with E-state index in [1.54, 1.807) is 48.6 Å². The van der Waals surface area contributed by atoms with Crippen molar-refractivity contribution in [2.24, 2.45) is 0 Å². The third-order valence-electron chi connectivity index (χ3n) is 4.54. The van der Waals surface area contributed by atoms with Crippen LogP contribution in [0, 0.1) is 0 Å². The Bertz CT molecular complexity index is 1300. The van der Waals surface area contributed by atoms with Crippen molar-refractivity contribution in [3.8, 4) is 5.75 Å². The summed E-state index contributed by atoms with van der Waals surface area (Å²) in [6.45, 7) is 3.87. The minimum absolute atomic E-state index is 0.182. The van der Waals surface area contributed by atoms with Gasteiger partial charge in [-0.2, -0.15) is 0 Å². The molecule has 142 valence electrons. The zero-order chi connectivity index (χ0) is 20.2. The molecule has 0 radical (unpaired) electrons. The number of para-hydroxylation sites is 1. The molecule has 4 nitrogen and oxygen atoms in total. The SMILES string of the molecule is C=CCOc1ccc2c(=O)c3ccccc3oc2c1C(=O)C=Cc1ccccc1. The first-order chi connectivity index (χ1) is 14.2. The fraction of sp³-hybridized carbons (Fsp3) is 0.0400. The van der Waals surface area contributed by atoms with Crippen LogP contribution < -0.4 is 10.2 Å². The maximum absolute atomic E-state index is 13.1. The molecule has 0 spiro atoms. The van der Waals surface area contributed by atoms with Gasteiger partial charge in [-0.25, -0.2) is 0 Å². The molecule has 0 aliphatic carbocycles. The van der Waals surface area contributed by atoms with E-state index in [-0.39, 0.29) is 29.0 Å². The second kappa shape index (κ2) is 7.98. The second-order valence-corrected chi connectivity index (χ2v) is 6.45. The van der Waals surface area contributed by atoms with Gasteiger partial charge in [0.05, 0.1) is 10.8 Å². The van der Waals surface area contributed by atoms with Gasteiger partial charge in [-0.15, -0.1) is 0 Å². The van der Waals surface area contributed by atoms with Gasteiger partial charge >= 0.3 is 0 Å². The van der Waals surface area contributed by atoms with Crippen LogP contribution in [0.15, 0.2) is 94.7 Å². The van der Waals surface area contributed by atoms with Crippen LogP contribution in [0.3, 0.4) is 0 Å². The zero-order valence-corrected chi connectivity index (χ0v) is 15.6. The highest BCUT2D eigenvalue weighted by Gasteiger charge is 2.20. The summed E-state index contributed by atoms with van der Waals surface area (Å²) in [5, 5.41) is 0.809. The summed E-state index contributed by atoms with van der Waals surface area (Å²) in [6, 6.07) is 19.7. The molecular weight excluding hydrogens is 364 g/mol. The fourth-order valence-corrected chi connectivity index (χ4v) is 3.17. The lowest BCUT2D eigenvalue weighted by molar-refractivity contribution is 0.104. The molecule has 0 atom stereocenters. The topological polar surface area (TPSA) is 56.5 Å². The van der Waals surface area contributed by atoms with E-state index in [0.29, 0.717) is 22.1 Å². The molecule has 0 fully saturated rings. The number of allylic oxidation sites excluding steroid dienone is 1. The molecule has 0 N–H and O–H groups in total. The van der Waals surface area contributed by atoms with E-state index in [2.05, 4.69) is 6.58 Å². The monoisotopic (exact) mass is 382 g/mol. The predicted octanol–water partition coefficient (Wildman–Crippen LogP) is 5.41. The number of ether oxygens (including phenoxy) is 1. The van der Waals surface area contributed by atoms with E-state index in [9.17, 15) is 9.59 Å². The van der Waals surface area contributed by atoms with Crippen LogP contribution in [0.2, 0.25) is 0 Å². The van der Waals surface area contributed by atoms with Crippen molar-refractivity contribution < 1.29 is 13.9 Å². The van der Waals surface area contributed by atoms with Crippen molar-refractivity contribution in [2.45, 2.75) is 0 Å². The largest absolute Gasteiger partial charge is 0.489 e. The normalized spacial score (nSPS) is 11.2. The molecule has 4 rings (SSSR count). The van der Waals surface area contributed by atoms with Crippen molar-refractivity contribution in [2.75, 3.05) is 6.61 Å². The quantitative estimate of drug-likeness (QED) is 0.194. The number of carbonyl (C=O) groups excluding carboxylic acids is 1. The number of benzene rings is 3. The summed E-state index contributed by atoms with van der Waals surface area (Å²) >= 11 is 0. The Morgan fingerprint density at radius 2 is 1.72 bits per heavy atom. The molecular formula is C25H18O4. The summed E-state index contributed by atoms with van der Waals surface area (Å²) in [5.74, 6) is 0.0375. The Morgan fingerprint density at radius 1 is 0.966 bits per heavy atom. The third-order valence-corrected chi connectivity index (χ3v) is 4.54. The van der Waals surface area contributed by atoms with Gasteiger partial charge in [-0.05, 0) is 35.9 Å². The van der Waals surface area contributed by atoms with Gasteiger partial charge in [0.25, 0.3) is 0 Å². The maximum Gasteiger partial charge on any atom is 0.200 e. The lowest BCUT2D eigenvalue weighted by Crippen LogP contribution is -2.08. The molecule has 0 saturated heterocycles. The van der Waals surface area contributed by atoms with Gasteiger partial charge < -0.3 is 9.15 Å². The minimum atomic E-state index is -0.308. The lowest BCUT2D eigenvalue weighted by Gasteiger charge is -2.11.